The second kappa shape index (κ2) is 10.6. The number of carbonyl (C=O) groups excluding carboxylic acids is 1. The normalized spacial score (nSPS) is 12.1. The van der Waals surface area contributed by atoms with Gasteiger partial charge < -0.3 is 24.3 Å². The number of nitrogens with one attached hydrogen (secondary N) is 1. The number of rotatable bonds is 7. The molecule has 0 aromatic heterocycles. The number of nitriles is 1. The van der Waals surface area contributed by atoms with Crippen LogP contribution < -0.4 is 24.3 Å². The molecule has 0 aliphatic carbocycles. The molecule has 1 N–H and O–H groups in total. The third-order valence-electron chi connectivity index (χ3n) is 4.85. The highest BCUT2D eigenvalue weighted by molar-refractivity contribution is 9.10. The Balaban J connectivity index is 1.51. The molecule has 1 amide bonds. The van der Waals surface area contributed by atoms with Gasteiger partial charge in [-0.15, -0.1) is 0 Å². The fourth-order valence-electron chi connectivity index (χ4n) is 3.20. The molecule has 3 aromatic rings. The summed E-state index contributed by atoms with van der Waals surface area (Å²) in [4.78, 5) is 12.6. The molecule has 4 rings (SSSR count). The highest BCUT2D eigenvalue weighted by Crippen LogP contribution is 2.38. The molecule has 0 atom stereocenters. The summed E-state index contributed by atoms with van der Waals surface area (Å²) in [6, 6.07) is 18.1. The number of fused-ring (bicyclic) bond motifs is 1. The molecule has 1 aliphatic heterocycles. The first kappa shape index (κ1) is 23.7. The maximum absolute atomic E-state index is 12.6. The quantitative estimate of drug-likeness (QED) is 0.267. The number of halogens is 2. The predicted octanol–water partition coefficient (Wildman–Crippen LogP) is 6.07. The Hall–Kier alpha value is -3.48. The Kier molecular flexibility index (Phi) is 7.40. The first-order chi connectivity index (χ1) is 16.5. The molecule has 0 spiro atoms. The van der Waals surface area contributed by atoms with Crippen molar-refractivity contribution in [2.45, 2.75) is 6.61 Å². The van der Waals surface area contributed by atoms with Gasteiger partial charge in [-0.05, 0) is 81.7 Å². The van der Waals surface area contributed by atoms with E-state index in [1.165, 1.54) is 13.2 Å². The summed E-state index contributed by atoms with van der Waals surface area (Å²) in [5.74, 6) is 1.82. The van der Waals surface area contributed by atoms with Crippen molar-refractivity contribution in [2.24, 2.45) is 0 Å². The van der Waals surface area contributed by atoms with Crippen molar-refractivity contribution >= 4 is 49.5 Å². The van der Waals surface area contributed by atoms with Gasteiger partial charge >= 0.3 is 0 Å². The van der Waals surface area contributed by atoms with Gasteiger partial charge in [0, 0.05) is 10.2 Å². The van der Waals surface area contributed by atoms with E-state index < -0.39 is 5.91 Å². The number of ether oxygens (including phenoxy) is 4. The minimum atomic E-state index is -0.511. The van der Waals surface area contributed by atoms with E-state index in [0.29, 0.717) is 38.7 Å². The number of benzene rings is 3. The lowest BCUT2D eigenvalue weighted by atomic mass is 10.1. The van der Waals surface area contributed by atoms with Gasteiger partial charge in [-0.25, -0.2) is 0 Å². The van der Waals surface area contributed by atoms with Crippen molar-refractivity contribution in [1.29, 1.82) is 5.26 Å². The molecule has 0 unspecified atom stereocenters. The van der Waals surface area contributed by atoms with E-state index in [2.05, 4.69) is 37.2 Å². The van der Waals surface area contributed by atoms with Gasteiger partial charge in [0.2, 0.25) is 6.79 Å². The molecule has 0 saturated heterocycles. The van der Waals surface area contributed by atoms with Gasteiger partial charge in [-0.3, -0.25) is 4.79 Å². The Bertz CT molecular complexity index is 1300. The van der Waals surface area contributed by atoms with Crippen molar-refractivity contribution in [3.05, 3.63) is 80.2 Å². The second-order valence-corrected chi connectivity index (χ2v) is 8.91. The molecular weight excluding hydrogens is 568 g/mol. The smallest absolute Gasteiger partial charge is 0.266 e. The lowest BCUT2D eigenvalue weighted by Crippen LogP contribution is -2.13. The van der Waals surface area contributed by atoms with E-state index in [1.807, 2.05) is 24.3 Å². The predicted molar refractivity (Wildman–Crippen MR) is 134 cm³/mol. The van der Waals surface area contributed by atoms with Gasteiger partial charge in [0.15, 0.2) is 23.0 Å². The van der Waals surface area contributed by atoms with Crippen LogP contribution in [0.15, 0.2) is 69.1 Å². The zero-order valence-corrected chi connectivity index (χ0v) is 21.1. The average Bonchev–Trinajstić information content (AvgIpc) is 3.31. The van der Waals surface area contributed by atoms with Crippen molar-refractivity contribution in [2.75, 3.05) is 19.2 Å². The largest absolute Gasteiger partial charge is 0.493 e. The van der Waals surface area contributed by atoms with Gasteiger partial charge in [-0.2, -0.15) is 5.26 Å². The number of hydrogen-bond donors (Lipinski definition) is 1. The van der Waals surface area contributed by atoms with Crippen LogP contribution in [0.2, 0.25) is 0 Å². The highest BCUT2D eigenvalue weighted by atomic mass is 79.9. The maximum atomic E-state index is 12.6. The number of hydrogen-bond acceptors (Lipinski definition) is 6. The summed E-state index contributed by atoms with van der Waals surface area (Å²) in [5, 5.41) is 12.2. The van der Waals surface area contributed by atoms with Crippen molar-refractivity contribution in [1.82, 2.24) is 0 Å². The molecule has 0 fully saturated rings. The SMILES string of the molecule is COc1cc(/C=C(/C#N)C(=O)Nc2ccc(Br)cc2)cc(Br)c1OCc1ccc2c(c1)OCO2. The monoisotopic (exact) mass is 584 g/mol. The van der Waals surface area contributed by atoms with Crippen LogP contribution >= 0.6 is 31.9 Å². The molecule has 1 heterocycles. The fraction of sp³-hybridized carbons (Fsp3) is 0.120. The van der Waals surface area contributed by atoms with Crippen LogP contribution in [0.3, 0.4) is 0 Å². The second-order valence-electron chi connectivity index (χ2n) is 7.14. The van der Waals surface area contributed by atoms with E-state index in [4.69, 9.17) is 18.9 Å². The van der Waals surface area contributed by atoms with Gasteiger partial charge in [0.25, 0.3) is 5.91 Å². The molecule has 9 heteroatoms. The first-order valence-corrected chi connectivity index (χ1v) is 11.6. The third kappa shape index (κ3) is 5.53. The van der Waals surface area contributed by atoms with Crippen LogP contribution in [0.4, 0.5) is 5.69 Å². The van der Waals surface area contributed by atoms with Gasteiger partial charge in [0.05, 0.1) is 11.6 Å². The summed E-state index contributed by atoms with van der Waals surface area (Å²) in [7, 11) is 1.52. The molecule has 172 valence electrons. The summed E-state index contributed by atoms with van der Waals surface area (Å²) in [6.45, 7) is 0.486. The average molecular weight is 586 g/mol. The number of nitrogens with zero attached hydrogens (tertiary/aromatic N) is 1. The van der Waals surface area contributed by atoms with Crippen LogP contribution in [0.1, 0.15) is 11.1 Å². The summed E-state index contributed by atoms with van der Waals surface area (Å²) < 4.78 is 23.7. The minimum absolute atomic E-state index is 0.0501. The summed E-state index contributed by atoms with van der Waals surface area (Å²) in [5.41, 5.74) is 2.03. The van der Waals surface area contributed by atoms with E-state index >= 15 is 0 Å². The molecule has 0 saturated carbocycles. The van der Waals surface area contributed by atoms with Crippen LogP contribution in [-0.2, 0) is 11.4 Å². The molecule has 1 aliphatic rings. The fourth-order valence-corrected chi connectivity index (χ4v) is 4.03. The van der Waals surface area contributed by atoms with Crippen molar-refractivity contribution in [3.8, 4) is 29.1 Å². The number of carbonyl (C=O) groups is 1. The summed E-state index contributed by atoms with van der Waals surface area (Å²) >= 11 is 6.85. The Morgan fingerprint density at radius 3 is 2.62 bits per heavy atom. The minimum Gasteiger partial charge on any atom is -0.493 e. The maximum Gasteiger partial charge on any atom is 0.266 e. The van der Waals surface area contributed by atoms with E-state index in [-0.39, 0.29) is 19.0 Å². The number of amides is 1. The van der Waals surface area contributed by atoms with Crippen LogP contribution in [-0.4, -0.2) is 19.8 Å². The zero-order chi connectivity index (χ0) is 24.1. The van der Waals surface area contributed by atoms with E-state index in [0.717, 1.165) is 10.0 Å². The first-order valence-electron chi connectivity index (χ1n) is 10.0. The molecule has 7 nitrogen and oxygen atoms in total. The van der Waals surface area contributed by atoms with Crippen LogP contribution in [0, 0.1) is 11.3 Å². The third-order valence-corrected chi connectivity index (χ3v) is 5.97. The molecule has 0 radical (unpaired) electrons. The van der Waals surface area contributed by atoms with Gasteiger partial charge in [0.1, 0.15) is 18.2 Å². The van der Waals surface area contributed by atoms with Crippen LogP contribution in [0.25, 0.3) is 6.08 Å². The van der Waals surface area contributed by atoms with Crippen molar-refractivity contribution < 1.29 is 23.7 Å². The van der Waals surface area contributed by atoms with Crippen molar-refractivity contribution in [3.63, 3.8) is 0 Å². The summed E-state index contributed by atoms with van der Waals surface area (Å²) in [6.07, 6.45) is 1.49. The lowest BCUT2D eigenvalue weighted by molar-refractivity contribution is -0.112. The number of anilines is 1. The van der Waals surface area contributed by atoms with Gasteiger partial charge in [-0.1, -0.05) is 22.0 Å². The van der Waals surface area contributed by atoms with Crippen LogP contribution in [0.5, 0.6) is 23.0 Å². The Morgan fingerprint density at radius 1 is 1.12 bits per heavy atom. The number of methoxy groups -OCH3 is 1. The standard InChI is InChI=1S/C25H18Br2N2O5/c1-31-23-11-16(8-17(12-28)25(30)29-19-5-3-18(26)4-6-19)9-20(27)24(23)32-13-15-2-7-21-22(10-15)34-14-33-21/h2-11H,13-14H2,1H3,(H,29,30)/b17-8-. The topological polar surface area (TPSA) is 89.8 Å². The lowest BCUT2D eigenvalue weighted by Gasteiger charge is -2.14. The van der Waals surface area contributed by atoms with E-state index in [9.17, 15) is 10.1 Å². The van der Waals surface area contributed by atoms with E-state index in [1.54, 1.807) is 36.4 Å². The zero-order valence-electron chi connectivity index (χ0n) is 17.9. The Labute approximate surface area is 213 Å². The Morgan fingerprint density at radius 2 is 1.88 bits per heavy atom. The molecule has 34 heavy (non-hydrogen) atoms. The molecule has 0 bridgehead atoms. The highest BCUT2D eigenvalue weighted by Gasteiger charge is 2.16. The molecule has 3 aromatic carbocycles. The molecular formula is C25H18Br2N2O5.